The molecule has 1 aromatic carbocycles. The SMILES string of the molecule is Cc1ccc(C)c(N2CC(C(=O)Nc3nnc(CC(C)(C)C)s3)CC2=O)c1. The van der Waals surface area contributed by atoms with Crippen LogP contribution in [0.1, 0.15) is 43.3 Å². The van der Waals surface area contributed by atoms with E-state index in [2.05, 4.69) is 36.3 Å². The van der Waals surface area contributed by atoms with Gasteiger partial charge in [0.1, 0.15) is 5.01 Å². The number of aromatic nitrogens is 2. The summed E-state index contributed by atoms with van der Waals surface area (Å²) in [6.45, 7) is 10.8. The number of nitrogens with zero attached hydrogens (tertiary/aromatic N) is 3. The molecule has 0 radical (unpaired) electrons. The molecule has 3 rings (SSSR count). The molecule has 1 aliphatic rings. The first kappa shape index (κ1) is 19.5. The number of nitrogens with one attached hydrogen (secondary N) is 1. The van der Waals surface area contributed by atoms with E-state index in [0.717, 1.165) is 28.2 Å². The number of rotatable bonds is 4. The van der Waals surface area contributed by atoms with Crippen LogP contribution in [0.25, 0.3) is 0 Å². The van der Waals surface area contributed by atoms with Crippen molar-refractivity contribution in [3.8, 4) is 0 Å². The Bertz CT molecular complexity index is 869. The average molecular weight is 387 g/mol. The minimum atomic E-state index is -0.382. The van der Waals surface area contributed by atoms with E-state index < -0.39 is 0 Å². The zero-order chi connectivity index (χ0) is 19.8. The molecule has 0 bridgehead atoms. The fraction of sp³-hybridized carbons (Fsp3) is 0.500. The van der Waals surface area contributed by atoms with Crippen molar-refractivity contribution >= 4 is 34.0 Å². The summed E-state index contributed by atoms with van der Waals surface area (Å²) >= 11 is 1.40. The highest BCUT2D eigenvalue weighted by Gasteiger charge is 2.36. The molecule has 1 aliphatic heterocycles. The number of anilines is 2. The van der Waals surface area contributed by atoms with Gasteiger partial charge in [-0.25, -0.2) is 0 Å². The Kier molecular flexibility index (Phi) is 5.33. The molecule has 144 valence electrons. The average Bonchev–Trinajstić information content (AvgIpc) is 3.14. The van der Waals surface area contributed by atoms with Crippen molar-refractivity contribution in [1.82, 2.24) is 10.2 Å². The minimum absolute atomic E-state index is 0.0189. The summed E-state index contributed by atoms with van der Waals surface area (Å²) < 4.78 is 0. The van der Waals surface area contributed by atoms with Gasteiger partial charge >= 0.3 is 0 Å². The van der Waals surface area contributed by atoms with E-state index in [0.29, 0.717) is 11.7 Å². The Labute approximate surface area is 164 Å². The summed E-state index contributed by atoms with van der Waals surface area (Å²) in [6, 6.07) is 6.02. The molecule has 1 atom stereocenters. The highest BCUT2D eigenvalue weighted by Crippen LogP contribution is 2.30. The van der Waals surface area contributed by atoms with E-state index in [1.807, 2.05) is 32.0 Å². The van der Waals surface area contributed by atoms with Crippen LogP contribution in [-0.2, 0) is 16.0 Å². The maximum Gasteiger partial charge on any atom is 0.231 e. The molecule has 1 aromatic heterocycles. The van der Waals surface area contributed by atoms with E-state index in [-0.39, 0.29) is 29.6 Å². The first-order chi connectivity index (χ1) is 12.6. The van der Waals surface area contributed by atoms with Crippen molar-refractivity contribution in [2.45, 2.75) is 47.5 Å². The predicted octanol–water partition coefficient (Wildman–Crippen LogP) is 3.74. The van der Waals surface area contributed by atoms with Gasteiger partial charge in [-0.1, -0.05) is 44.2 Å². The minimum Gasteiger partial charge on any atom is -0.311 e. The van der Waals surface area contributed by atoms with Crippen LogP contribution in [0.2, 0.25) is 0 Å². The van der Waals surface area contributed by atoms with Crippen LogP contribution in [0, 0.1) is 25.2 Å². The van der Waals surface area contributed by atoms with E-state index >= 15 is 0 Å². The number of aryl methyl sites for hydroxylation is 2. The largest absolute Gasteiger partial charge is 0.311 e. The molecule has 1 fully saturated rings. The maximum absolute atomic E-state index is 12.6. The first-order valence-electron chi connectivity index (χ1n) is 9.13. The Morgan fingerprint density at radius 3 is 2.74 bits per heavy atom. The molecule has 1 saturated heterocycles. The molecule has 6 nitrogen and oxygen atoms in total. The number of hydrogen-bond donors (Lipinski definition) is 1. The molecule has 2 amide bonds. The van der Waals surface area contributed by atoms with Crippen LogP contribution in [0.3, 0.4) is 0 Å². The van der Waals surface area contributed by atoms with Crippen molar-refractivity contribution in [3.63, 3.8) is 0 Å². The molecule has 0 spiro atoms. The van der Waals surface area contributed by atoms with Gasteiger partial charge in [0.25, 0.3) is 0 Å². The zero-order valence-electron chi connectivity index (χ0n) is 16.5. The Morgan fingerprint density at radius 1 is 1.30 bits per heavy atom. The lowest BCUT2D eigenvalue weighted by Gasteiger charge is -2.19. The second kappa shape index (κ2) is 7.38. The van der Waals surface area contributed by atoms with Gasteiger partial charge in [0.05, 0.1) is 5.92 Å². The van der Waals surface area contributed by atoms with Crippen LogP contribution in [0.4, 0.5) is 10.8 Å². The third-order valence-corrected chi connectivity index (χ3v) is 5.37. The molecule has 7 heteroatoms. The second-order valence-corrected chi connectivity index (χ2v) is 9.49. The molecule has 0 aliphatic carbocycles. The second-order valence-electron chi connectivity index (χ2n) is 8.42. The maximum atomic E-state index is 12.6. The van der Waals surface area contributed by atoms with Crippen LogP contribution in [-0.4, -0.2) is 28.6 Å². The Balaban J connectivity index is 1.67. The lowest BCUT2D eigenvalue weighted by molar-refractivity contribution is -0.122. The quantitative estimate of drug-likeness (QED) is 0.869. The zero-order valence-corrected chi connectivity index (χ0v) is 17.3. The fourth-order valence-corrected chi connectivity index (χ4v) is 4.21. The van der Waals surface area contributed by atoms with Gasteiger partial charge < -0.3 is 10.2 Å². The predicted molar refractivity (Wildman–Crippen MR) is 108 cm³/mol. The third-order valence-electron chi connectivity index (χ3n) is 4.53. The molecule has 1 N–H and O–H groups in total. The van der Waals surface area contributed by atoms with E-state index in [9.17, 15) is 9.59 Å². The molecule has 2 aromatic rings. The number of carbonyl (C=O) groups excluding carboxylic acids is 2. The fourth-order valence-electron chi connectivity index (χ4n) is 3.16. The Morgan fingerprint density at radius 2 is 2.04 bits per heavy atom. The first-order valence-corrected chi connectivity index (χ1v) is 9.95. The number of hydrogen-bond acceptors (Lipinski definition) is 5. The van der Waals surface area contributed by atoms with Crippen molar-refractivity contribution in [2.75, 3.05) is 16.8 Å². The third kappa shape index (κ3) is 4.71. The summed E-state index contributed by atoms with van der Waals surface area (Å²) in [7, 11) is 0. The van der Waals surface area contributed by atoms with Gasteiger partial charge in [-0.2, -0.15) is 0 Å². The monoisotopic (exact) mass is 386 g/mol. The standard InChI is InChI=1S/C20H26N4O2S/c1-12-6-7-13(2)15(8-12)24-11-14(9-17(24)25)18(26)21-19-23-22-16(27-19)10-20(3,4)5/h6-8,14H,9-11H2,1-5H3,(H,21,23,26). The van der Waals surface area contributed by atoms with Crippen LogP contribution in [0.5, 0.6) is 0 Å². The molecular formula is C20H26N4O2S. The van der Waals surface area contributed by atoms with E-state index in [1.54, 1.807) is 4.90 Å². The van der Waals surface area contributed by atoms with Crippen molar-refractivity contribution in [1.29, 1.82) is 0 Å². The number of amides is 2. The van der Waals surface area contributed by atoms with Crippen LogP contribution >= 0.6 is 11.3 Å². The van der Waals surface area contributed by atoms with Crippen molar-refractivity contribution < 1.29 is 9.59 Å². The lowest BCUT2D eigenvalue weighted by atomic mass is 9.93. The summed E-state index contributed by atoms with van der Waals surface area (Å²) in [5.41, 5.74) is 3.13. The normalized spacial score (nSPS) is 17.4. The van der Waals surface area contributed by atoms with Gasteiger partial charge in [0, 0.05) is 25.1 Å². The topological polar surface area (TPSA) is 75.2 Å². The van der Waals surface area contributed by atoms with Crippen molar-refractivity contribution in [2.24, 2.45) is 11.3 Å². The van der Waals surface area contributed by atoms with Gasteiger partial charge in [-0.05, 0) is 36.5 Å². The summed E-state index contributed by atoms with van der Waals surface area (Å²) in [4.78, 5) is 26.8. The molecule has 0 saturated carbocycles. The number of carbonyl (C=O) groups is 2. The highest BCUT2D eigenvalue weighted by molar-refractivity contribution is 7.15. The molecular weight excluding hydrogens is 360 g/mol. The van der Waals surface area contributed by atoms with Crippen molar-refractivity contribution in [3.05, 3.63) is 34.3 Å². The Hall–Kier alpha value is -2.28. The van der Waals surface area contributed by atoms with E-state index in [1.165, 1.54) is 11.3 Å². The summed E-state index contributed by atoms with van der Waals surface area (Å²) in [5, 5.41) is 12.5. The molecule has 27 heavy (non-hydrogen) atoms. The van der Waals surface area contributed by atoms with Crippen LogP contribution < -0.4 is 10.2 Å². The lowest BCUT2D eigenvalue weighted by Crippen LogP contribution is -2.28. The highest BCUT2D eigenvalue weighted by atomic mass is 32.1. The molecule has 1 unspecified atom stereocenters. The van der Waals surface area contributed by atoms with Gasteiger partial charge in [-0.15, -0.1) is 10.2 Å². The van der Waals surface area contributed by atoms with Gasteiger partial charge in [0.2, 0.25) is 16.9 Å². The van der Waals surface area contributed by atoms with Gasteiger partial charge in [-0.3, -0.25) is 9.59 Å². The number of benzene rings is 1. The molecule has 2 heterocycles. The summed E-state index contributed by atoms with van der Waals surface area (Å²) in [5.74, 6) is -0.573. The van der Waals surface area contributed by atoms with Gasteiger partial charge in [0.15, 0.2) is 0 Å². The van der Waals surface area contributed by atoms with Crippen LogP contribution in [0.15, 0.2) is 18.2 Å². The smallest absolute Gasteiger partial charge is 0.231 e. The van der Waals surface area contributed by atoms with E-state index in [4.69, 9.17) is 0 Å². The summed E-state index contributed by atoms with van der Waals surface area (Å²) in [6.07, 6.45) is 1.02.